The van der Waals surface area contributed by atoms with E-state index in [1.54, 1.807) is 43.2 Å². The number of amides is 1. The minimum atomic E-state index is -0.00820. The van der Waals surface area contributed by atoms with Gasteiger partial charge >= 0.3 is 0 Å². The first-order valence-electron chi connectivity index (χ1n) is 7.00. The lowest BCUT2D eigenvalue weighted by Gasteiger charge is -2.19. The molecular weight excluding hydrogens is 282 g/mol. The molecule has 7 heteroatoms. The number of nitrogens with zero attached hydrogens (tertiary/aromatic N) is 5. The third-order valence-corrected chi connectivity index (χ3v) is 3.70. The summed E-state index contributed by atoms with van der Waals surface area (Å²) in [5.74, 6) is 0.813. The zero-order chi connectivity index (χ0) is 16.3. The van der Waals surface area contributed by atoms with Crippen LogP contribution in [-0.2, 0) is 24.8 Å². The number of aryl methyl sites for hydroxylation is 2. The van der Waals surface area contributed by atoms with Crippen LogP contribution in [-0.4, -0.2) is 44.9 Å². The molecule has 0 aliphatic carbocycles. The molecule has 0 fully saturated rings. The van der Waals surface area contributed by atoms with Gasteiger partial charge in [0.25, 0.3) is 0 Å². The van der Waals surface area contributed by atoms with Crippen molar-refractivity contribution in [2.75, 3.05) is 14.2 Å². The molecule has 0 aromatic carbocycles. The molecule has 2 heterocycles. The van der Waals surface area contributed by atoms with E-state index >= 15 is 0 Å². The van der Waals surface area contributed by atoms with Crippen LogP contribution in [0.2, 0.25) is 0 Å². The van der Waals surface area contributed by atoms with Crippen LogP contribution >= 0.6 is 0 Å². The number of carbonyl (C=O) groups excluding carboxylic acids is 1. The number of aromatic nitrogens is 4. The van der Waals surface area contributed by atoms with Crippen molar-refractivity contribution in [2.24, 2.45) is 7.05 Å². The molecule has 0 saturated heterocycles. The molecule has 0 spiro atoms. The van der Waals surface area contributed by atoms with E-state index in [2.05, 4.69) is 15.3 Å². The van der Waals surface area contributed by atoms with Crippen molar-refractivity contribution in [1.82, 2.24) is 24.9 Å². The number of carbonyl (C=O) groups is 1. The summed E-state index contributed by atoms with van der Waals surface area (Å²) in [6.45, 7) is 4.34. The summed E-state index contributed by atoms with van der Waals surface area (Å²) in [7, 11) is 5.18. The highest BCUT2D eigenvalue weighted by atomic mass is 16.5. The fourth-order valence-electron chi connectivity index (χ4n) is 2.30. The standard InChI is InChI=1S/C15H21N5O2/c1-10-7-16-13(11(2)15(10)22-5)9-19(3)14(21)6-12-8-17-18-20(12)4/h7-8H,6,9H2,1-5H3. The molecule has 118 valence electrons. The smallest absolute Gasteiger partial charge is 0.228 e. The van der Waals surface area contributed by atoms with Gasteiger partial charge in [0.05, 0.1) is 37.7 Å². The maximum absolute atomic E-state index is 12.3. The van der Waals surface area contributed by atoms with Crippen LogP contribution in [0.15, 0.2) is 12.4 Å². The third-order valence-electron chi connectivity index (χ3n) is 3.70. The molecular formula is C15H21N5O2. The number of ether oxygens (including phenoxy) is 1. The van der Waals surface area contributed by atoms with E-state index in [9.17, 15) is 4.79 Å². The Hall–Kier alpha value is -2.44. The SMILES string of the molecule is COc1c(C)cnc(CN(C)C(=O)Cc2cnnn2C)c1C. The lowest BCUT2D eigenvalue weighted by atomic mass is 10.1. The number of pyridine rings is 1. The summed E-state index contributed by atoms with van der Waals surface area (Å²) in [5, 5.41) is 7.60. The molecule has 0 N–H and O–H groups in total. The van der Waals surface area contributed by atoms with Crippen molar-refractivity contribution >= 4 is 5.91 Å². The summed E-state index contributed by atoms with van der Waals surface area (Å²) in [5.41, 5.74) is 3.56. The van der Waals surface area contributed by atoms with Gasteiger partial charge in [0.2, 0.25) is 5.91 Å². The normalized spacial score (nSPS) is 10.6. The van der Waals surface area contributed by atoms with Crippen molar-refractivity contribution in [2.45, 2.75) is 26.8 Å². The summed E-state index contributed by atoms with van der Waals surface area (Å²) in [6.07, 6.45) is 3.64. The molecule has 0 atom stereocenters. The lowest BCUT2D eigenvalue weighted by molar-refractivity contribution is -0.129. The Bertz CT molecular complexity index is 681. The summed E-state index contributed by atoms with van der Waals surface area (Å²) in [4.78, 5) is 18.4. The molecule has 0 aliphatic rings. The molecule has 0 aliphatic heterocycles. The Morgan fingerprint density at radius 3 is 2.68 bits per heavy atom. The van der Waals surface area contributed by atoms with Crippen molar-refractivity contribution in [3.63, 3.8) is 0 Å². The summed E-state index contributed by atoms with van der Waals surface area (Å²) >= 11 is 0. The minimum absolute atomic E-state index is 0.00820. The predicted octanol–water partition coefficient (Wildman–Crippen LogP) is 1.04. The Morgan fingerprint density at radius 2 is 2.09 bits per heavy atom. The summed E-state index contributed by atoms with van der Waals surface area (Å²) in [6, 6.07) is 0. The Morgan fingerprint density at radius 1 is 1.36 bits per heavy atom. The van der Waals surface area contributed by atoms with Gasteiger partial charge in [-0.05, 0) is 13.8 Å². The third kappa shape index (κ3) is 3.24. The number of methoxy groups -OCH3 is 1. The zero-order valence-electron chi connectivity index (χ0n) is 13.6. The average Bonchev–Trinajstić information content (AvgIpc) is 2.88. The van der Waals surface area contributed by atoms with Crippen molar-refractivity contribution < 1.29 is 9.53 Å². The van der Waals surface area contributed by atoms with E-state index in [1.807, 2.05) is 13.8 Å². The Balaban J connectivity index is 2.10. The van der Waals surface area contributed by atoms with Crippen LogP contribution in [0.3, 0.4) is 0 Å². The van der Waals surface area contributed by atoms with Gasteiger partial charge in [0, 0.05) is 31.4 Å². The fourth-order valence-corrected chi connectivity index (χ4v) is 2.30. The minimum Gasteiger partial charge on any atom is -0.496 e. The van der Waals surface area contributed by atoms with Crippen LogP contribution < -0.4 is 4.74 Å². The van der Waals surface area contributed by atoms with Crippen LogP contribution in [0.25, 0.3) is 0 Å². The van der Waals surface area contributed by atoms with Crippen molar-refractivity contribution in [3.8, 4) is 5.75 Å². The number of likely N-dealkylation sites (N-methyl/N-ethyl adjacent to an activating group) is 1. The second kappa shape index (κ2) is 6.55. The van der Waals surface area contributed by atoms with Crippen molar-refractivity contribution in [3.05, 3.63) is 34.9 Å². The van der Waals surface area contributed by atoms with Gasteiger partial charge in [-0.3, -0.25) is 14.5 Å². The quantitative estimate of drug-likeness (QED) is 0.825. The Kier molecular flexibility index (Phi) is 4.75. The van der Waals surface area contributed by atoms with E-state index in [0.717, 1.165) is 28.3 Å². The fraction of sp³-hybridized carbons (Fsp3) is 0.467. The summed E-state index contributed by atoms with van der Waals surface area (Å²) < 4.78 is 7.00. The molecule has 2 rings (SSSR count). The molecule has 0 radical (unpaired) electrons. The topological polar surface area (TPSA) is 73.1 Å². The van der Waals surface area contributed by atoms with E-state index in [4.69, 9.17) is 4.74 Å². The highest BCUT2D eigenvalue weighted by molar-refractivity contribution is 5.78. The lowest BCUT2D eigenvalue weighted by Crippen LogP contribution is -2.29. The monoisotopic (exact) mass is 303 g/mol. The van der Waals surface area contributed by atoms with E-state index in [1.165, 1.54) is 0 Å². The molecule has 7 nitrogen and oxygen atoms in total. The maximum atomic E-state index is 12.3. The van der Waals surface area contributed by atoms with Crippen LogP contribution in [0.5, 0.6) is 5.75 Å². The van der Waals surface area contributed by atoms with Crippen LogP contribution in [0.1, 0.15) is 22.5 Å². The van der Waals surface area contributed by atoms with Crippen LogP contribution in [0, 0.1) is 13.8 Å². The van der Waals surface area contributed by atoms with Gasteiger partial charge < -0.3 is 9.64 Å². The van der Waals surface area contributed by atoms with Gasteiger partial charge in [-0.2, -0.15) is 0 Å². The maximum Gasteiger partial charge on any atom is 0.228 e. The molecule has 0 bridgehead atoms. The highest BCUT2D eigenvalue weighted by Gasteiger charge is 2.16. The molecule has 0 saturated carbocycles. The van der Waals surface area contributed by atoms with Crippen molar-refractivity contribution in [1.29, 1.82) is 0 Å². The van der Waals surface area contributed by atoms with Gasteiger partial charge in [0.1, 0.15) is 5.75 Å². The van der Waals surface area contributed by atoms with E-state index < -0.39 is 0 Å². The first kappa shape index (κ1) is 15.9. The van der Waals surface area contributed by atoms with E-state index in [-0.39, 0.29) is 12.3 Å². The second-order valence-electron chi connectivity index (χ2n) is 5.32. The Labute approximate surface area is 129 Å². The number of hydrogen-bond acceptors (Lipinski definition) is 5. The molecule has 2 aromatic heterocycles. The number of hydrogen-bond donors (Lipinski definition) is 0. The zero-order valence-corrected chi connectivity index (χ0v) is 13.6. The second-order valence-corrected chi connectivity index (χ2v) is 5.32. The van der Waals surface area contributed by atoms with Gasteiger partial charge in [-0.25, -0.2) is 0 Å². The van der Waals surface area contributed by atoms with Gasteiger partial charge in [0.15, 0.2) is 0 Å². The van der Waals surface area contributed by atoms with Crippen LogP contribution in [0.4, 0.5) is 0 Å². The molecule has 2 aromatic rings. The first-order chi connectivity index (χ1) is 10.4. The van der Waals surface area contributed by atoms with Gasteiger partial charge in [-0.1, -0.05) is 5.21 Å². The van der Waals surface area contributed by atoms with E-state index in [0.29, 0.717) is 6.54 Å². The number of rotatable bonds is 5. The highest BCUT2D eigenvalue weighted by Crippen LogP contribution is 2.24. The van der Waals surface area contributed by atoms with Gasteiger partial charge in [-0.15, -0.1) is 5.10 Å². The molecule has 22 heavy (non-hydrogen) atoms. The molecule has 1 amide bonds. The first-order valence-corrected chi connectivity index (χ1v) is 7.00. The predicted molar refractivity (Wildman–Crippen MR) is 81.4 cm³/mol. The average molecular weight is 303 g/mol. The molecule has 0 unspecified atom stereocenters. The largest absolute Gasteiger partial charge is 0.496 e.